The standard InChI is InChI=1S/C34H45FO2SSi2/c1-5-9-10-11-14-24-15-17-25(18-16-24)30-21-22-31(38-30)26-19-20-28(29(35)23-26)27(8-4)34(36-32(39)12-6-2)37-33(40)13-7-3/h15-23,27,32-34H,5-14H2,1-4H3. The summed E-state index contributed by atoms with van der Waals surface area (Å²) in [6, 6.07) is 18.8. The van der Waals surface area contributed by atoms with Crippen LogP contribution in [0.2, 0.25) is 0 Å². The third-order valence-electron chi connectivity index (χ3n) is 7.31. The third kappa shape index (κ3) is 9.76. The molecule has 0 spiro atoms. The second-order valence-corrected chi connectivity index (χ2v) is 13.0. The molecule has 0 saturated heterocycles. The van der Waals surface area contributed by atoms with Crippen LogP contribution in [0.5, 0.6) is 0 Å². The molecule has 0 N–H and O–H groups in total. The van der Waals surface area contributed by atoms with Gasteiger partial charge in [0.05, 0.1) is 20.5 Å². The first-order valence-corrected chi connectivity index (χ1v) is 17.1. The minimum absolute atomic E-state index is 0.147. The Morgan fingerprint density at radius 2 is 1.32 bits per heavy atom. The monoisotopic (exact) mass is 592 g/mol. The van der Waals surface area contributed by atoms with Crippen LogP contribution in [0.25, 0.3) is 20.9 Å². The first kappa shape index (κ1) is 32.9. The van der Waals surface area contributed by atoms with Crippen LogP contribution in [0, 0.1) is 5.82 Å². The molecule has 0 bridgehead atoms. The highest BCUT2D eigenvalue weighted by Gasteiger charge is 2.29. The molecule has 2 nitrogen and oxygen atoms in total. The summed E-state index contributed by atoms with van der Waals surface area (Å²) < 4.78 is 28.2. The van der Waals surface area contributed by atoms with Crippen molar-refractivity contribution in [3.05, 3.63) is 71.5 Å². The largest absolute Gasteiger partial charge is 0.353 e. The molecule has 2 aromatic carbocycles. The summed E-state index contributed by atoms with van der Waals surface area (Å²) >= 11 is 1.70. The van der Waals surface area contributed by atoms with Gasteiger partial charge in [-0.3, -0.25) is 0 Å². The van der Waals surface area contributed by atoms with E-state index in [2.05, 4.69) is 84.6 Å². The fraction of sp³-hybridized carbons (Fsp3) is 0.529. The Kier molecular flexibility index (Phi) is 14.3. The van der Waals surface area contributed by atoms with E-state index in [1.165, 1.54) is 41.7 Å². The van der Waals surface area contributed by atoms with Gasteiger partial charge in [-0.2, -0.15) is 0 Å². The van der Waals surface area contributed by atoms with Crippen molar-refractivity contribution in [3.8, 4) is 20.9 Å². The Morgan fingerprint density at radius 3 is 1.88 bits per heavy atom. The molecular formula is C34H45FO2SSi2. The maximum absolute atomic E-state index is 15.7. The van der Waals surface area contributed by atoms with Crippen LogP contribution >= 0.6 is 11.3 Å². The summed E-state index contributed by atoms with van der Waals surface area (Å²) in [6.07, 6.45) is 10.1. The van der Waals surface area contributed by atoms with Gasteiger partial charge in [0, 0.05) is 27.1 Å². The van der Waals surface area contributed by atoms with E-state index >= 15 is 4.39 Å². The second kappa shape index (κ2) is 17.4. The highest BCUT2D eigenvalue weighted by molar-refractivity contribution is 7.18. The lowest BCUT2D eigenvalue weighted by Gasteiger charge is -2.32. The average molecular weight is 593 g/mol. The molecule has 0 saturated carbocycles. The summed E-state index contributed by atoms with van der Waals surface area (Å²) in [5, 5.41) is 0. The number of benzene rings is 2. The lowest BCUT2D eigenvalue weighted by molar-refractivity contribution is -0.178. The van der Waals surface area contributed by atoms with E-state index < -0.39 is 6.29 Å². The van der Waals surface area contributed by atoms with E-state index in [-0.39, 0.29) is 23.2 Å². The predicted molar refractivity (Wildman–Crippen MR) is 171 cm³/mol. The topological polar surface area (TPSA) is 18.5 Å². The number of rotatable bonds is 18. The van der Waals surface area contributed by atoms with Crippen LogP contribution in [0.1, 0.15) is 103 Å². The number of ether oxygens (including phenoxy) is 2. The zero-order valence-corrected chi connectivity index (χ0v) is 27.5. The molecule has 1 heterocycles. The highest BCUT2D eigenvalue weighted by atomic mass is 32.1. The summed E-state index contributed by atoms with van der Waals surface area (Å²) in [5.74, 6) is -0.439. The zero-order valence-electron chi connectivity index (χ0n) is 24.7. The van der Waals surface area contributed by atoms with Gasteiger partial charge in [-0.05, 0) is 72.6 Å². The molecule has 3 unspecified atom stereocenters. The Labute approximate surface area is 252 Å². The van der Waals surface area contributed by atoms with Crippen LogP contribution in [-0.2, 0) is 15.9 Å². The molecule has 0 amide bonds. The Bertz CT molecular complexity index is 1120. The molecule has 1 aromatic heterocycles. The third-order valence-corrected chi connectivity index (χ3v) is 9.35. The van der Waals surface area contributed by atoms with Gasteiger partial charge in [0.15, 0.2) is 6.29 Å². The maximum atomic E-state index is 15.7. The number of hydrogen-bond donors (Lipinski definition) is 0. The van der Waals surface area contributed by atoms with Crippen molar-refractivity contribution in [2.75, 3.05) is 0 Å². The van der Waals surface area contributed by atoms with E-state index in [4.69, 9.17) is 9.47 Å². The first-order chi connectivity index (χ1) is 19.4. The number of halogens is 1. The van der Waals surface area contributed by atoms with Crippen molar-refractivity contribution < 1.29 is 13.9 Å². The molecule has 3 aromatic rings. The second-order valence-electron chi connectivity index (χ2n) is 10.6. The van der Waals surface area contributed by atoms with E-state index in [1.54, 1.807) is 17.4 Å². The van der Waals surface area contributed by atoms with Crippen molar-refractivity contribution >= 4 is 31.8 Å². The van der Waals surface area contributed by atoms with Crippen LogP contribution < -0.4 is 0 Å². The van der Waals surface area contributed by atoms with Gasteiger partial charge in [-0.1, -0.05) is 96.2 Å². The quantitative estimate of drug-likeness (QED) is 0.0831. The molecule has 0 aliphatic carbocycles. The van der Waals surface area contributed by atoms with E-state index in [0.717, 1.165) is 42.5 Å². The van der Waals surface area contributed by atoms with E-state index in [9.17, 15) is 0 Å². The SMILES string of the molecule is CCCCCCc1ccc(-c2ccc(-c3ccc(C(CC)C(OC([Si])CCC)OC([Si])CCC)c(F)c3)s2)cc1. The number of hydrogen-bond acceptors (Lipinski definition) is 3. The molecule has 0 aliphatic rings. The van der Waals surface area contributed by atoms with Crippen molar-refractivity contribution in [2.45, 2.75) is 116 Å². The average Bonchev–Trinajstić information content (AvgIpc) is 3.43. The Balaban J connectivity index is 1.76. The summed E-state index contributed by atoms with van der Waals surface area (Å²) in [6.45, 7) is 8.54. The first-order valence-electron chi connectivity index (χ1n) is 15.1. The summed E-state index contributed by atoms with van der Waals surface area (Å²) in [7, 11) is 7.38. The lowest BCUT2D eigenvalue weighted by atomic mass is 9.93. The molecule has 40 heavy (non-hydrogen) atoms. The number of thiophene rings is 1. The van der Waals surface area contributed by atoms with Gasteiger partial charge in [0.25, 0.3) is 0 Å². The molecule has 3 rings (SSSR count). The summed E-state index contributed by atoms with van der Waals surface area (Å²) in [4.78, 5) is 2.26. The van der Waals surface area contributed by atoms with E-state index in [1.807, 2.05) is 12.1 Å². The normalized spacial score (nSPS) is 14.7. The lowest BCUT2D eigenvalue weighted by Crippen LogP contribution is -2.34. The molecule has 6 heteroatoms. The summed E-state index contributed by atoms with van der Waals surface area (Å²) in [5.41, 5.74) is 3.84. The zero-order chi connectivity index (χ0) is 28.9. The van der Waals surface area contributed by atoms with Crippen molar-refractivity contribution in [3.63, 3.8) is 0 Å². The fourth-order valence-corrected chi connectivity index (χ4v) is 6.84. The molecule has 3 atom stereocenters. The van der Waals surface area contributed by atoms with Crippen molar-refractivity contribution in [1.82, 2.24) is 0 Å². The van der Waals surface area contributed by atoms with Crippen molar-refractivity contribution in [2.24, 2.45) is 0 Å². The molecular weight excluding hydrogens is 548 g/mol. The molecule has 0 aliphatic heterocycles. The van der Waals surface area contributed by atoms with Crippen molar-refractivity contribution in [1.29, 1.82) is 0 Å². The van der Waals surface area contributed by atoms with E-state index in [0.29, 0.717) is 12.0 Å². The molecule has 214 valence electrons. The predicted octanol–water partition coefficient (Wildman–Crippen LogP) is 9.79. The molecule has 0 fully saturated rings. The van der Waals surface area contributed by atoms with Crippen LogP contribution in [-0.4, -0.2) is 38.2 Å². The fourth-order valence-electron chi connectivity index (χ4n) is 4.99. The van der Waals surface area contributed by atoms with Gasteiger partial charge in [0.2, 0.25) is 0 Å². The minimum atomic E-state index is -0.559. The number of aryl methyl sites for hydroxylation is 1. The van der Waals surface area contributed by atoms with Crippen LogP contribution in [0.3, 0.4) is 0 Å². The van der Waals surface area contributed by atoms with Gasteiger partial charge in [-0.25, -0.2) is 4.39 Å². The van der Waals surface area contributed by atoms with Gasteiger partial charge in [-0.15, -0.1) is 11.3 Å². The van der Waals surface area contributed by atoms with Gasteiger partial charge >= 0.3 is 0 Å². The van der Waals surface area contributed by atoms with Crippen LogP contribution in [0.4, 0.5) is 4.39 Å². The van der Waals surface area contributed by atoms with Gasteiger partial charge < -0.3 is 9.47 Å². The maximum Gasteiger partial charge on any atom is 0.164 e. The number of unbranched alkanes of at least 4 members (excludes halogenated alkanes) is 3. The Morgan fingerprint density at radius 1 is 0.725 bits per heavy atom. The minimum Gasteiger partial charge on any atom is -0.353 e. The smallest absolute Gasteiger partial charge is 0.164 e. The molecule has 6 radical (unpaired) electrons. The Hall–Kier alpha value is -1.58. The van der Waals surface area contributed by atoms with Crippen LogP contribution in [0.15, 0.2) is 54.6 Å². The van der Waals surface area contributed by atoms with Gasteiger partial charge in [0.1, 0.15) is 5.82 Å². The highest BCUT2D eigenvalue weighted by Crippen LogP contribution is 2.37.